The molecule has 3 aromatic rings. The molecule has 130 valence electrons. The van der Waals surface area contributed by atoms with Gasteiger partial charge in [0.25, 0.3) is 5.56 Å². The van der Waals surface area contributed by atoms with E-state index in [0.717, 1.165) is 11.1 Å². The Hall–Kier alpha value is -2.70. The Morgan fingerprint density at radius 3 is 2.80 bits per heavy atom. The second-order valence-corrected chi connectivity index (χ2v) is 5.81. The molecule has 3 rings (SSSR count). The van der Waals surface area contributed by atoms with E-state index < -0.39 is 0 Å². The molecule has 0 radical (unpaired) electrons. The molecule has 0 unspecified atom stereocenters. The van der Waals surface area contributed by atoms with E-state index in [-0.39, 0.29) is 18.9 Å². The highest BCUT2D eigenvalue weighted by Gasteiger charge is 2.09. The SMILES string of the molecule is Cc1cc2ncn(Cc3ccccc3)c(=O)c2cc1OCNCCO. The zero-order chi connectivity index (χ0) is 17.6. The minimum Gasteiger partial charge on any atom is -0.478 e. The van der Waals surface area contributed by atoms with Gasteiger partial charge in [0.15, 0.2) is 0 Å². The smallest absolute Gasteiger partial charge is 0.261 e. The molecule has 6 heteroatoms. The summed E-state index contributed by atoms with van der Waals surface area (Å²) in [6, 6.07) is 13.4. The number of aryl methyl sites for hydroxylation is 1. The lowest BCUT2D eigenvalue weighted by Crippen LogP contribution is -2.24. The summed E-state index contributed by atoms with van der Waals surface area (Å²) < 4.78 is 7.26. The molecular weight excluding hydrogens is 318 g/mol. The number of nitrogens with zero attached hydrogens (tertiary/aromatic N) is 2. The van der Waals surface area contributed by atoms with Gasteiger partial charge in [-0.15, -0.1) is 0 Å². The average Bonchev–Trinajstić information content (AvgIpc) is 2.63. The van der Waals surface area contributed by atoms with Crippen molar-refractivity contribution < 1.29 is 9.84 Å². The molecule has 0 saturated carbocycles. The average molecular weight is 339 g/mol. The van der Waals surface area contributed by atoms with E-state index in [1.165, 1.54) is 0 Å². The summed E-state index contributed by atoms with van der Waals surface area (Å²) in [7, 11) is 0. The van der Waals surface area contributed by atoms with Gasteiger partial charge in [0, 0.05) is 6.54 Å². The first-order valence-electron chi connectivity index (χ1n) is 8.17. The molecule has 2 N–H and O–H groups in total. The number of ether oxygens (including phenoxy) is 1. The predicted octanol–water partition coefficient (Wildman–Crippen LogP) is 1.67. The van der Waals surface area contributed by atoms with Crippen molar-refractivity contribution in [3.63, 3.8) is 0 Å². The molecule has 1 aromatic heterocycles. The quantitative estimate of drug-likeness (QED) is 0.506. The van der Waals surface area contributed by atoms with Gasteiger partial charge in [-0.25, -0.2) is 4.98 Å². The molecule has 0 amide bonds. The Morgan fingerprint density at radius 1 is 1.24 bits per heavy atom. The van der Waals surface area contributed by atoms with E-state index in [4.69, 9.17) is 9.84 Å². The number of aliphatic hydroxyl groups is 1. The first-order valence-corrected chi connectivity index (χ1v) is 8.17. The maximum atomic E-state index is 12.8. The molecular formula is C19H21N3O3. The van der Waals surface area contributed by atoms with Gasteiger partial charge in [0.1, 0.15) is 12.5 Å². The highest BCUT2D eigenvalue weighted by molar-refractivity contribution is 5.80. The molecule has 0 aliphatic carbocycles. The lowest BCUT2D eigenvalue weighted by molar-refractivity contribution is 0.244. The molecule has 0 aliphatic heterocycles. The van der Waals surface area contributed by atoms with E-state index in [1.807, 2.05) is 43.3 Å². The Kier molecular flexibility index (Phi) is 5.42. The summed E-state index contributed by atoms with van der Waals surface area (Å²) in [5, 5.41) is 12.3. The minimum atomic E-state index is -0.0954. The number of fused-ring (bicyclic) bond motifs is 1. The van der Waals surface area contributed by atoms with E-state index in [1.54, 1.807) is 17.0 Å². The second kappa shape index (κ2) is 7.92. The maximum Gasteiger partial charge on any atom is 0.261 e. The summed E-state index contributed by atoms with van der Waals surface area (Å²) in [5.74, 6) is 0.634. The van der Waals surface area contributed by atoms with Crippen LogP contribution in [0.4, 0.5) is 0 Å². The Labute approximate surface area is 145 Å². The third kappa shape index (κ3) is 4.04. The van der Waals surface area contributed by atoms with Crippen LogP contribution in [0.2, 0.25) is 0 Å². The van der Waals surface area contributed by atoms with Crippen LogP contribution in [0.5, 0.6) is 5.75 Å². The van der Waals surface area contributed by atoms with Crippen molar-refractivity contribution in [3.05, 3.63) is 70.3 Å². The van der Waals surface area contributed by atoms with Crippen molar-refractivity contribution in [2.24, 2.45) is 0 Å². The summed E-state index contributed by atoms with van der Waals surface area (Å²) in [6.45, 7) is 3.17. The molecule has 6 nitrogen and oxygen atoms in total. The van der Waals surface area contributed by atoms with Crippen LogP contribution >= 0.6 is 0 Å². The van der Waals surface area contributed by atoms with E-state index in [0.29, 0.717) is 29.7 Å². The van der Waals surface area contributed by atoms with Crippen molar-refractivity contribution in [2.45, 2.75) is 13.5 Å². The van der Waals surface area contributed by atoms with Crippen LogP contribution < -0.4 is 15.6 Å². The number of hydrogen-bond acceptors (Lipinski definition) is 5. The number of benzene rings is 2. The number of aromatic nitrogens is 2. The fraction of sp³-hybridized carbons (Fsp3) is 0.263. The zero-order valence-electron chi connectivity index (χ0n) is 14.1. The van der Waals surface area contributed by atoms with Crippen molar-refractivity contribution in [1.82, 2.24) is 14.9 Å². The van der Waals surface area contributed by atoms with Crippen LogP contribution in [0.15, 0.2) is 53.6 Å². The summed E-state index contributed by atoms with van der Waals surface area (Å²) in [5.41, 5.74) is 2.51. The number of nitrogens with one attached hydrogen (secondary N) is 1. The van der Waals surface area contributed by atoms with E-state index in [2.05, 4.69) is 10.3 Å². The minimum absolute atomic E-state index is 0.0498. The third-order valence-electron chi connectivity index (χ3n) is 3.93. The molecule has 2 aromatic carbocycles. The van der Waals surface area contributed by atoms with Crippen LogP contribution in [-0.2, 0) is 6.54 Å². The normalized spacial score (nSPS) is 11.0. The first kappa shape index (κ1) is 17.1. The molecule has 0 aliphatic rings. The topological polar surface area (TPSA) is 76.4 Å². The highest BCUT2D eigenvalue weighted by atomic mass is 16.5. The van der Waals surface area contributed by atoms with Gasteiger partial charge in [0.05, 0.1) is 30.4 Å². The van der Waals surface area contributed by atoms with Gasteiger partial charge < -0.3 is 9.84 Å². The third-order valence-corrected chi connectivity index (χ3v) is 3.93. The monoisotopic (exact) mass is 339 g/mol. The first-order chi connectivity index (χ1) is 12.2. The molecule has 25 heavy (non-hydrogen) atoms. The number of hydrogen-bond donors (Lipinski definition) is 2. The van der Waals surface area contributed by atoms with Gasteiger partial charge in [-0.05, 0) is 30.2 Å². The van der Waals surface area contributed by atoms with Crippen molar-refractivity contribution in [3.8, 4) is 5.75 Å². The molecule has 1 heterocycles. The van der Waals surface area contributed by atoms with Gasteiger partial charge >= 0.3 is 0 Å². The maximum absolute atomic E-state index is 12.8. The molecule has 0 atom stereocenters. The highest BCUT2D eigenvalue weighted by Crippen LogP contribution is 2.22. The van der Waals surface area contributed by atoms with Crippen LogP contribution in [0.25, 0.3) is 10.9 Å². The van der Waals surface area contributed by atoms with Crippen LogP contribution in [0, 0.1) is 6.92 Å². The largest absolute Gasteiger partial charge is 0.478 e. The standard InChI is InChI=1S/C19H21N3O3/c1-14-9-17-16(10-18(14)25-13-20-7-8-23)19(24)22(12-21-17)11-15-5-3-2-4-6-15/h2-6,9-10,12,20,23H,7-8,11,13H2,1H3. The molecule has 0 saturated heterocycles. The molecule has 0 bridgehead atoms. The van der Waals surface area contributed by atoms with E-state index in [9.17, 15) is 4.79 Å². The summed E-state index contributed by atoms with van der Waals surface area (Å²) >= 11 is 0. The van der Waals surface area contributed by atoms with Gasteiger partial charge in [-0.2, -0.15) is 0 Å². The van der Waals surface area contributed by atoms with Gasteiger partial charge in [-0.1, -0.05) is 30.3 Å². The predicted molar refractivity (Wildman–Crippen MR) is 96.9 cm³/mol. The fourth-order valence-corrected chi connectivity index (χ4v) is 2.62. The Morgan fingerprint density at radius 2 is 2.04 bits per heavy atom. The number of aliphatic hydroxyl groups excluding tert-OH is 1. The summed E-state index contributed by atoms with van der Waals surface area (Å²) in [4.78, 5) is 17.2. The van der Waals surface area contributed by atoms with Crippen molar-refractivity contribution in [2.75, 3.05) is 19.9 Å². The van der Waals surface area contributed by atoms with Crippen molar-refractivity contribution >= 4 is 10.9 Å². The number of rotatable bonds is 7. The Balaban J connectivity index is 1.90. The second-order valence-electron chi connectivity index (χ2n) is 5.81. The zero-order valence-corrected chi connectivity index (χ0v) is 14.1. The molecule has 0 spiro atoms. The fourth-order valence-electron chi connectivity index (χ4n) is 2.62. The van der Waals surface area contributed by atoms with Crippen LogP contribution in [0.3, 0.4) is 0 Å². The summed E-state index contributed by atoms with van der Waals surface area (Å²) in [6.07, 6.45) is 1.58. The van der Waals surface area contributed by atoms with Crippen LogP contribution in [0.1, 0.15) is 11.1 Å². The lowest BCUT2D eigenvalue weighted by Gasteiger charge is -2.12. The molecule has 0 fully saturated rings. The van der Waals surface area contributed by atoms with Crippen molar-refractivity contribution in [1.29, 1.82) is 0 Å². The lowest BCUT2D eigenvalue weighted by atomic mass is 10.1. The van der Waals surface area contributed by atoms with Gasteiger partial charge in [0.2, 0.25) is 0 Å². The Bertz CT molecular complexity index is 907. The van der Waals surface area contributed by atoms with Gasteiger partial charge in [-0.3, -0.25) is 14.7 Å². The van der Waals surface area contributed by atoms with E-state index >= 15 is 0 Å². The van der Waals surface area contributed by atoms with Crippen LogP contribution in [-0.4, -0.2) is 34.5 Å².